The van der Waals surface area contributed by atoms with Crippen LogP contribution in [-0.2, 0) is 0 Å². The fourth-order valence-corrected chi connectivity index (χ4v) is 1.76. The van der Waals surface area contributed by atoms with Gasteiger partial charge in [-0.3, -0.25) is 9.97 Å². The van der Waals surface area contributed by atoms with Gasteiger partial charge in [-0.25, -0.2) is 9.97 Å². The van der Waals surface area contributed by atoms with E-state index in [1.807, 2.05) is 24.3 Å². The lowest BCUT2D eigenvalue weighted by atomic mass is 10.1. The molecule has 0 fully saturated rings. The third-order valence-electron chi connectivity index (χ3n) is 2.69. The monoisotopic (exact) mass is 249 g/mol. The summed E-state index contributed by atoms with van der Waals surface area (Å²) in [6.07, 6.45) is 6.92. The number of pyridine rings is 2. The molecule has 2 N–H and O–H groups in total. The minimum absolute atomic E-state index is 0.258. The van der Waals surface area contributed by atoms with Crippen molar-refractivity contribution in [3.63, 3.8) is 0 Å². The number of nitrogen functional groups attached to an aromatic ring is 1. The normalized spacial score (nSPS) is 10.3. The molecule has 5 heteroatoms. The van der Waals surface area contributed by atoms with E-state index in [0.717, 1.165) is 22.5 Å². The second-order valence-corrected chi connectivity index (χ2v) is 3.97. The minimum Gasteiger partial charge on any atom is -0.368 e. The average molecular weight is 249 g/mol. The van der Waals surface area contributed by atoms with Gasteiger partial charge < -0.3 is 5.73 Å². The molecule has 5 nitrogen and oxygen atoms in total. The quantitative estimate of drug-likeness (QED) is 0.753. The molecule has 3 heterocycles. The Balaban J connectivity index is 1.95. The van der Waals surface area contributed by atoms with Gasteiger partial charge in [0.05, 0.1) is 11.4 Å². The van der Waals surface area contributed by atoms with Gasteiger partial charge in [0.2, 0.25) is 5.95 Å². The van der Waals surface area contributed by atoms with E-state index in [-0.39, 0.29) is 5.95 Å². The molecular weight excluding hydrogens is 238 g/mol. The predicted molar refractivity (Wildman–Crippen MR) is 72.9 cm³/mol. The van der Waals surface area contributed by atoms with Crippen molar-refractivity contribution < 1.29 is 0 Å². The van der Waals surface area contributed by atoms with Crippen LogP contribution in [0.4, 0.5) is 5.95 Å². The van der Waals surface area contributed by atoms with Gasteiger partial charge >= 0.3 is 0 Å². The van der Waals surface area contributed by atoms with Crippen LogP contribution in [0.5, 0.6) is 0 Å². The van der Waals surface area contributed by atoms with E-state index in [1.54, 1.807) is 30.9 Å². The summed E-state index contributed by atoms with van der Waals surface area (Å²) in [5, 5.41) is 0. The van der Waals surface area contributed by atoms with Crippen LogP contribution in [-0.4, -0.2) is 19.9 Å². The third kappa shape index (κ3) is 2.40. The SMILES string of the molecule is Nc1nccc(-c2ccc(-c3cccnc3)nc2)n1. The van der Waals surface area contributed by atoms with E-state index in [9.17, 15) is 0 Å². The van der Waals surface area contributed by atoms with Crippen molar-refractivity contribution in [2.75, 3.05) is 5.73 Å². The molecule has 0 saturated heterocycles. The molecule has 3 rings (SSSR count). The summed E-state index contributed by atoms with van der Waals surface area (Å²) in [5.41, 5.74) is 9.09. The van der Waals surface area contributed by atoms with Gasteiger partial charge in [-0.05, 0) is 30.3 Å². The highest BCUT2D eigenvalue weighted by Gasteiger charge is 2.03. The third-order valence-corrected chi connectivity index (χ3v) is 2.69. The van der Waals surface area contributed by atoms with E-state index < -0.39 is 0 Å². The lowest BCUT2D eigenvalue weighted by Crippen LogP contribution is -1.95. The fourth-order valence-electron chi connectivity index (χ4n) is 1.76. The van der Waals surface area contributed by atoms with Gasteiger partial charge in [0.15, 0.2) is 0 Å². The largest absolute Gasteiger partial charge is 0.368 e. The van der Waals surface area contributed by atoms with Crippen LogP contribution in [0, 0.1) is 0 Å². The molecular formula is C14H11N5. The predicted octanol–water partition coefficient (Wildman–Crippen LogP) is 2.18. The van der Waals surface area contributed by atoms with Gasteiger partial charge in [0.25, 0.3) is 0 Å². The molecule has 0 bridgehead atoms. The second-order valence-electron chi connectivity index (χ2n) is 3.97. The second kappa shape index (κ2) is 4.81. The fraction of sp³-hybridized carbons (Fsp3) is 0. The molecule has 0 aliphatic rings. The summed E-state index contributed by atoms with van der Waals surface area (Å²) in [4.78, 5) is 16.5. The standard InChI is InChI=1S/C14H11N5/c15-14-17-7-5-13(19-14)11-3-4-12(18-9-11)10-2-1-6-16-8-10/h1-9H,(H2,15,17,19). The number of nitrogens with two attached hydrogens (primary N) is 1. The van der Waals surface area contributed by atoms with E-state index in [2.05, 4.69) is 19.9 Å². The highest BCUT2D eigenvalue weighted by atomic mass is 15.0. The molecule has 0 saturated carbocycles. The van der Waals surface area contributed by atoms with Gasteiger partial charge in [-0.2, -0.15) is 0 Å². The Labute approximate surface area is 110 Å². The van der Waals surface area contributed by atoms with Crippen molar-refractivity contribution >= 4 is 5.95 Å². The molecule has 0 aromatic carbocycles. The van der Waals surface area contributed by atoms with E-state index in [0.29, 0.717) is 0 Å². The van der Waals surface area contributed by atoms with E-state index >= 15 is 0 Å². The number of aromatic nitrogens is 4. The van der Waals surface area contributed by atoms with Crippen molar-refractivity contribution in [2.45, 2.75) is 0 Å². The number of nitrogens with zero attached hydrogens (tertiary/aromatic N) is 4. The first-order valence-corrected chi connectivity index (χ1v) is 5.78. The highest BCUT2D eigenvalue weighted by Crippen LogP contribution is 2.20. The van der Waals surface area contributed by atoms with Crippen LogP contribution < -0.4 is 5.73 Å². The molecule has 3 aromatic heterocycles. The zero-order valence-electron chi connectivity index (χ0n) is 10.1. The Kier molecular flexibility index (Phi) is 2.86. The van der Waals surface area contributed by atoms with Crippen LogP contribution in [0.15, 0.2) is 55.1 Å². The van der Waals surface area contributed by atoms with Crippen LogP contribution in [0.3, 0.4) is 0 Å². The summed E-state index contributed by atoms with van der Waals surface area (Å²) >= 11 is 0. The first-order valence-electron chi connectivity index (χ1n) is 5.78. The first-order chi connectivity index (χ1) is 9.33. The van der Waals surface area contributed by atoms with Crippen molar-refractivity contribution in [1.82, 2.24) is 19.9 Å². The molecule has 0 radical (unpaired) electrons. The zero-order valence-corrected chi connectivity index (χ0v) is 10.1. The summed E-state index contributed by atoms with van der Waals surface area (Å²) in [7, 11) is 0. The van der Waals surface area contributed by atoms with E-state index in [1.165, 1.54) is 0 Å². The van der Waals surface area contributed by atoms with Gasteiger partial charge in [0.1, 0.15) is 0 Å². The van der Waals surface area contributed by atoms with Gasteiger partial charge in [-0.15, -0.1) is 0 Å². The smallest absolute Gasteiger partial charge is 0.220 e. The molecule has 0 unspecified atom stereocenters. The Bertz CT molecular complexity index is 680. The first kappa shape index (κ1) is 11.3. The molecule has 0 atom stereocenters. The Morgan fingerprint density at radius 1 is 0.789 bits per heavy atom. The molecule has 0 spiro atoms. The average Bonchev–Trinajstić information content (AvgIpc) is 2.48. The molecule has 0 amide bonds. The van der Waals surface area contributed by atoms with Crippen LogP contribution >= 0.6 is 0 Å². The van der Waals surface area contributed by atoms with Gasteiger partial charge in [-0.1, -0.05) is 0 Å². The number of hydrogen-bond acceptors (Lipinski definition) is 5. The lowest BCUT2D eigenvalue weighted by Gasteiger charge is -2.03. The van der Waals surface area contributed by atoms with Gasteiger partial charge in [0, 0.05) is 35.9 Å². The van der Waals surface area contributed by atoms with Crippen molar-refractivity contribution in [2.24, 2.45) is 0 Å². The topological polar surface area (TPSA) is 77.6 Å². The minimum atomic E-state index is 0.258. The zero-order chi connectivity index (χ0) is 13.1. The van der Waals surface area contributed by atoms with Crippen LogP contribution in [0.25, 0.3) is 22.5 Å². The lowest BCUT2D eigenvalue weighted by molar-refractivity contribution is 1.18. The maximum atomic E-state index is 5.57. The molecule has 0 aliphatic carbocycles. The number of rotatable bonds is 2. The molecule has 92 valence electrons. The maximum absolute atomic E-state index is 5.57. The van der Waals surface area contributed by atoms with E-state index in [4.69, 9.17) is 5.73 Å². The Morgan fingerprint density at radius 3 is 2.37 bits per heavy atom. The number of hydrogen-bond donors (Lipinski definition) is 1. The summed E-state index contributed by atoms with van der Waals surface area (Å²) in [5.74, 6) is 0.258. The maximum Gasteiger partial charge on any atom is 0.220 e. The molecule has 0 aliphatic heterocycles. The van der Waals surface area contributed by atoms with Crippen LogP contribution in [0.2, 0.25) is 0 Å². The van der Waals surface area contributed by atoms with Crippen molar-refractivity contribution in [3.8, 4) is 22.5 Å². The Morgan fingerprint density at radius 2 is 1.68 bits per heavy atom. The summed E-state index contributed by atoms with van der Waals surface area (Å²) in [6, 6.07) is 9.55. The Hall–Kier alpha value is -2.82. The van der Waals surface area contributed by atoms with Crippen LogP contribution in [0.1, 0.15) is 0 Å². The van der Waals surface area contributed by atoms with Crippen molar-refractivity contribution in [3.05, 3.63) is 55.1 Å². The molecule has 19 heavy (non-hydrogen) atoms. The number of anilines is 1. The highest BCUT2D eigenvalue weighted by molar-refractivity contribution is 5.64. The molecule has 3 aromatic rings. The summed E-state index contributed by atoms with van der Waals surface area (Å²) < 4.78 is 0. The van der Waals surface area contributed by atoms with Crippen molar-refractivity contribution in [1.29, 1.82) is 0 Å². The summed E-state index contributed by atoms with van der Waals surface area (Å²) in [6.45, 7) is 0.